The van der Waals surface area contributed by atoms with Gasteiger partial charge in [0.15, 0.2) is 5.69 Å². The molecule has 2 rings (SSSR count). The first-order valence-corrected chi connectivity index (χ1v) is 6.00. The largest absolute Gasteiger partial charge is 0.331 e. The Labute approximate surface area is 106 Å². The van der Waals surface area contributed by atoms with Crippen LogP contribution in [0.25, 0.3) is 10.9 Å². The highest BCUT2D eigenvalue weighted by atomic mass is 16.2. The molecule has 0 saturated heterocycles. The maximum atomic E-state index is 12.4. The summed E-state index contributed by atoms with van der Waals surface area (Å²) >= 11 is 0. The van der Waals surface area contributed by atoms with Gasteiger partial charge in [-0.15, -0.1) is 6.58 Å². The van der Waals surface area contributed by atoms with Crippen molar-refractivity contribution in [2.75, 3.05) is 6.54 Å². The topological polar surface area (TPSA) is 49.0 Å². The molecule has 0 radical (unpaired) electrons. The molecule has 0 aliphatic rings. The third-order valence-corrected chi connectivity index (χ3v) is 2.88. The molecule has 1 amide bonds. The van der Waals surface area contributed by atoms with Crippen molar-refractivity contribution in [3.63, 3.8) is 0 Å². The van der Waals surface area contributed by atoms with Crippen LogP contribution in [0.3, 0.4) is 0 Å². The lowest BCUT2D eigenvalue weighted by atomic mass is 10.2. The van der Waals surface area contributed by atoms with Crippen LogP contribution >= 0.6 is 0 Å². The van der Waals surface area contributed by atoms with Crippen molar-refractivity contribution >= 4 is 16.8 Å². The van der Waals surface area contributed by atoms with Crippen molar-refractivity contribution in [3.8, 4) is 0 Å². The number of aromatic amines is 1. The van der Waals surface area contributed by atoms with E-state index in [9.17, 15) is 4.79 Å². The molecule has 1 aromatic carbocycles. The van der Waals surface area contributed by atoms with Gasteiger partial charge in [-0.3, -0.25) is 9.89 Å². The Bertz CT molecular complexity index is 571. The Hall–Kier alpha value is -2.10. The fourth-order valence-electron chi connectivity index (χ4n) is 1.93. The third kappa shape index (κ3) is 2.14. The number of rotatable bonds is 4. The van der Waals surface area contributed by atoms with Crippen molar-refractivity contribution in [2.24, 2.45) is 0 Å². The third-order valence-electron chi connectivity index (χ3n) is 2.88. The second-order valence-corrected chi connectivity index (χ2v) is 4.46. The number of para-hydroxylation sites is 1. The second-order valence-electron chi connectivity index (χ2n) is 4.46. The van der Waals surface area contributed by atoms with Crippen molar-refractivity contribution in [2.45, 2.75) is 19.9 Å². The molecule has 1 aromatic heterocycles. The fourth-order valence-corrected chi connectivity index (χ4v) is 1.93. The monoisotopic (exact) mass is 243 g/mol. The van der Waals surface area contributed by atoms with Gasteiger partial charge in [0.1, 0.15) is 0 Å². The van der Waals surface area contributed by atoms with Crippen LogP contribution in [-0.4, -0.2) is 33.6 Å². The molecular weight excluding hydrogens is 226 g/mol. The van der Waals surface area contributed by atoms with E-state index in [1.54, 1.807) is 11.0 Å². The van der Waals surface area contributed by atoms with Gasteiger partial charge in [-0.25, -0.2) is 0 Å². The highest BCUT2D eigenvalue weighted by Crippen LogP contribution is 2.17. The van der Waals surface area contributed by atoms with E-state index in [-0.39, 0.29) is 11.9 Å². The van der Waals surface area contributed by atoms with Crippen molar-refractivity contribution in [1.29, 1.82) is 0 Å². The number of nitrogens with zero attached hydrogens (tertiary/aromatic N) is 2. The van der Waals surface area contributed by atoms with Gasteiger partial charge in [0.2, 0.25) is 0 Å². The van der Waals surface area contributed by atoms with Gasteiger partial charge in [-0.05, 0) is 19.9 Å². The molecule has 1 N–H and O–H groups in total. The predicted molar refractivity (Wildman–Crippen MR) is 72.5 cm³/mol. The molecule has 2 aromatic rings. The minimum atomic E-state index is -0.0673. The number of benzene rings is 1. The highest BCUT2D eigenvalue weighted by molar-refractivity contribution is 6.04. The van der Waals surface area contributed by atoms with E-state index in [2.05, 4.69) is 16.8 Å². The van der Waals surface area contributed by atoms with Gasteiger partial charge in [0.05, 0.1) is 5.52 Å². The van der Waals surface area contributed by atoms with Crippen molar-refractivity contribution in [1.82, 2.24) is 15.1 Å². The molecule has 94 valence electrons. The number of amides is 1. The summed E-state index contributed by atoms with van der Waals surface area (Å²) in [6, 6.07) is 7.75. The van der Waals surface area contributed by atoms with Crippen LogP contribution in [0, 0.1) is 0 Å². The Morgan fingerprint density at radius 3 is 2.89 bits per heavy atom. The van der Waals surface area contributed by atoms with Crippen LogP contribution in [0.4, 0.5) is 0 Å². The summed E-state index contributed by atoms with van der Waals surface area (Å²) in [5.41, 5.74) is 1.35. The number of hydrogen-bond acceptors (Lipinski definition) is 2. The van der Waals surface area contributed by atoms with Crippen LogP contribution in [0.1, 0.15) is 24.3 Å². The van der Waals surface area contributed by atoms with Crippen molar-refractivity contribution in [3.05, 3.63) is 42.6 Å². The van der Waals surface area contributed by atoms with Crippen LogP contribution in [0.5, 0.6) is 0 Å². The molecule has 4 nitrogen and oxygen atoms in total. The minimum Gasteiger partial charge on any atom is -0.331 e. The first kappa shape index (κ1) is 12.4. The first-order valence-electron chi connectivity index (χ1n) is 6.00. The summed E-state index contributed by atoms with van der Waals surface area (Å²) in [5, 5.41) is 7.87. The molecule has 0 aliphatic heterocycles. The number of carbonyl (C=O) groups excluding carboxylic acids is 1. The lowest BCUT2D eigenvalue weighted by Gasteiger charge is -2.24. The maximum Gasteiger partial charge on any atom is 0.275 e. The van der Waals surface area contributed by atoms with E-state index < -0.39 is 0 Å². The Morgan fingerprint density at radius 2 is 2.22 bits per heavy atom. The highest BCUT2D eigenvalue weighted by Gasteiger charge is 2.21. The molecule has 0 saturated carbocycles. The lowest BCUT2D eigenvalue weighted by molar-refractivity contribution is 0.0724. The predicted octanol–water partition coefficient (Wildman–Crippen LogP) is 2.60. The number of hydrogen-bond donors (Lipinski definition) is 1. The lowest BCUT2D eigenvalue weighted by Crippen LogP contribution is -2.37. The van der Waals surface area contributed by atoms with Gasteiger partial charge in [-0.1, -0.05) is 24.3 Å². The first-order chi connectivity index (χ1) is 8.65. The molecule has 18 heavy (non-hydrogen) atoms. The molecule has 0 bridgehead atoms. The quantitative estimate of drug-likeness (QED) is 0.839. The zero-order valence-electron chi connectivity index (χ0n) is 10.7. The van der Waals surface area contributed by atoms with Crippen LogP contribution in [0.2, 0.25) is 0 Å². The zero-order valence-corrected chi connectivity index (χ0v) is 10.7. The average molecular weight is 243 g/mol. The Morgan fingerprint density at radius 1 is 1.50 bits per heavy atom. The number of nitrogens with one attached hydrogen (secondary N) is 1. The summed E-state index contributed by atoms with van der Waals surface area (Å²) < 4.78 is 0. The fraction of sp³-hybridized carbons (Fsp3) is 0.286. The number of fused-ring (bicyclic) bond motifs is 1. The molecule has 0 aliphatic carbocycles. The van der Waals surface area contributed by atoms with Crippen LogP contribution in [0.15, 0.2) is 36.9 Å². The second kappa shape index (κ2) is 5.04. The summed E-state index contributed by atoms with van der Waals surface area (Å²) in [5.74, 6) is -0.0673. The van der Waals surface area contributed by atoms with E-state index in [1.165, 1.54) is 0 Å². The van der Waals surface area contributed by atoms with E-state index in [0.29, 0.717) is 12.2 Å². The van der Waals surface area contributed by atoms with E-state index >= 15 is 0 Å². The normalized spacial score (nSPS) is 10.8. The summed E-state index contributed by atoms with van der Waals surface area (Å²) in [6.45, 7) is 8.18. The SMILES string of the molecule is C=CCN(C(=O)c1n[nH]c2ccccc12)C(C)C. The molecule has 0 atom stereocenters. The van der Waals surface area contributed by atoms with E-state index in [1.807, 2.05) is 38.1 Å². The van der Waals surface area contributed by atoms with E-state index in [4.69, 9.17) is 0 Å². The van der Waals surface area contributed by atoms with Crippen LogP contribution in [-0.2, 0) is 0 Å². The summed E-state index contributed by atoms with van der Waals surface area (Å²) in [4.78, 5) is 14.2. The Balaban J connectivity index is 2.40. The summed E-state index contributed by atoms with van der Waals surface area (Å²) in [6.07, 6.45) is 1.73. The minimum absolute atomic E-state index is 0.0673. The van der Waals surface area contributed by atoms with E-state index in [0.717, 1.165) is 10.9 Å². The van der Waals surface area contributed by atoms with Crippen molar-refractivity contribution < 1.29 is 4.79 Å². The molecular formula is C14H17N3O. The molecule has 4 heteroatoms. The summed E-state index contributed by atoms with van der Waals surface area (Å²) in [7, 11) is 0. The standard InChI is InChI=1S/C14H17N3O/c1-4-9-17(10(2)3)14(18)13-11-7-5-6-8-12(11)15-16-13/h4-8,10H,1,9H2,2-3H3,(H,15,16). The number of H-pyrrole nitrogens is 1. The molecule has 0 unspecified atom stereocenters. The van der Waals surface area contributed by atoms with Crippen LogP contribution < -0.4 is 0 Å². The van der Waals surface area contributed by atoms with Gasteiger partial charge in [-0.2, -0.15) is 5.10 Å². The Kier molecular flexibility index (Phi) is 3.46. The molecule has 1 heterocycles. The molecule has 0 fully saturated rings. The maximum absolute atomic E-state index is 12.4. The van der Waals surface area contributed by atoms with Gasteiger partial charge < -0.3 is 4.90 Å². The molecule has 0 spiro atoms. The van der Waals surface area contributed by atoms with Gasteiger partial charge in [0, 0.05) is 18.0 Å². The average Bonchev–Trinajstić information content (AvgIpc) is 2.78. The zero-order chi connectivity index (χ0) is 13.1. The number of aromatic nitrogens is 2. The van der Waals surface area contributed by atoms with Gasteiger partial charge >= 0.3 is 0 Å². The number of carbonyl (C=O) groups is 1. The smallest absolute Gasteiger partial charge is 0.275 e. The van der Waals surface area contributed by atoms with Gasteiger partial charge in [0.25, 0.3) is 5.91 Å².